The largest absolute Gasteiger partial charge is 0.411 e. The highest BCUT2D eigenvalue weighted by atomic mass is 35.5. The minimum absolute atomic E-state index is 0.199. The maximum atomic E-state index is 11.8. The van der Waals surface area contributed by atoms with Gasteiger partial charge in [0.15, 0.2) is 0 Å². The summed E-state index contributed by atoms with van der Waals surface area (Å²) >= 11 is 5.88. The number of hydrogen-bond donors (Lipinski definition) is 2. The zero-order chi connectivity index (χ0) is 11.9. The van der Waals surface area contributed by atoms with Crippen LogP contribution in [0.15, 0.2) is 23.4 Å². The molecule has 84 valence electrons. The summed E-state index contributed by atoms with van der Waals surface area (Å²) in [4.78, 5) is 11.8. The molecule has 1 aliphatic heterocycles. The molecular weight excluding hydrogens is 228 g/mol. The van der Waals surface area contributed by atoms with E-state index in [1.54, 1.807) is 32.0 Å². The number of amides is 1. The second-order valence-corrected chi connectivity index (χ2v) is 4.65. The fourth-order valence-corrected chi connectivity index (χ4v) is 1.90. The van der Waals surface area contributed by atoms with Crippen LogP contribution in [-0.4, -0.2) is 16.8 Å². The lowest BCUT2D eigenvalue weighted by molar-refractivity contribution is -0.121. The van der Waals surface area contributed by atoms with E-state index >= 15 is 0 Å². The van der Waals surface area contributed by atoms with E-state index in [1.807, 2.05) is 0 Å². The summed E-state index contributed by atoms with van der Waals surface area (Å²) in [6.07, 6.45) is 0. The van der Waals surface area contributed by atoms with Crippen LogP contribution < -0.4 is 5.32 Å². The fraction of sp³-hybridized carbons (Fsp3) is 0.273. The van der Waals surface area contributed by atoms with Gasteiger partial charge in [-0.15, -0.1) is 0 Å². The van der Waals surface area contributed by atoms with E-state index in [4.69, 9.17) is 16.8 Å². The second kappa shape index (κ2) is 3.49. The van der Waals surface area contributed by atoms with Crippen LogP contribution in [0.3, 0.4) is 0 Å². The van der Waals surface area contributed by atoms with Gasteiger partial charge in [-0.1, -0.05) is 16.8 Å². The molecule has 0 bridgehead atoms. The van der Waals surface area contributed by atoms with Crippen molar-refractivity contribution in [3.05, 3.63) is 28.8 Å². The zero-order valence-electron chi connectivity index (χ0n) is 8.91. The van der Waals surface area contributed by atoms with Crippen molar-refractivity contribution < 1.29 is 10.0 Å². The van der Waals surface area contributed by atoms with Crippen molar-refractivity contribution in [2.45, 2.75) is 13.8 Å². The van der Waals surface area contributed by atoms with Gasteiger partial charge < -0.3 is 10.5 Å². The van der Waals surface area contributed by atoms with Gasteiger partial charge in [0.05, 0.1) is 11.1 Å². The molecule has 1 heterocycles. The molecule has 0 aliphatic carbocycles. The third-order valence-corrected chi connectivity index (χ3v) is 2.98. The number of rotatable bonds is 0. The van der Waals surface area contributed by atoms with Crippen molar-refractivity contribution in [1.29, 1.82) is 0 Å². The molecule has 0 atom stereocenters. The van der Waals surface area contributed by atoms with Crippen molar-refractivity contribution in [3.63, 3.8) is 0 Å². The van der Waals surface area contributed by atoms with Crippen LogP contribution in [0, 0.1) is 5.41 Å². The van der Waals surface area contributed by atoms with Crippen LogP contribution in [0.2, 0.25) is 5.02 Å². The third-order valence-electron chi connectivity index (χ3n) is 2.74. The summed E-state index contributed by atoms with van der Waals surface area (Å²) in [6, 6.07) is 5.04. The lowest BCUT2D eigenvalue weighted by atomic mass is 9.79. The molecule has 1 aromatic carbocycles. The molecule has 0 radical (unpaired) electrons. The molecule has 4 nitrogen and oxygen atoms in total. The van der Waals surface area contributed by atoms with Crippen molar-refractivity contribution in [3.8, 4) is 0 Å². The van der Waals surface area contributed by atoms with E-state index in [0.717, 1.165) is 0 Å². The lowest BCUT2D eigenvalue weighted by Crippen LogP contribution is -2.43. The van der Waals surface area contributed by atoms with E-state index in [0.29, 0.717) is 22.0 Å². The number of carbonyl (C=O) groups excluding carboxylic acids is 1. The Bertz CT molecular complexity index is 495. The molecule has 0 aromatic heterocycles. The van der Waals surface area contributed by atoms with Gasteiger partial charge in [0.1, 0.15) is 5.71 Å². The van der Waals surface area contributed by atoms with Gasteiger partial charge in [-0.3, -0.25) is 4.79 Å². The molecule has 16 heavy (non-hydrogen) atoms. The quantitative estimate of drug-likeness (QED) is 0.539. The summed E-state index contributed by atoms with van der Waals surface area (Å²) in [6.45, 7) is 3.39. The van der Waals surface area contributed by atoms with E-state index < -0.39 is 5.41 Å². The molecule has 1 amide bonds. The molecule has 2 rings (SSSR count). The van der Waals surface area contributed by atoms with Gasteiger partial charge >= 0.3 is 0 Å². The molecule has 5 heteroatoms. The van der Waals surface area contributed by atoms with Crippen molar-refractivity contribution >= 4 is 28.9 Å². The number of fused-ring (bicyclic) bond motifs is 1. The highest BCUT2D eigenvalue weighted by Gasteiger charge is 2.40. The van der Waals surface area contributed by atoms with Crippen LogP contribution in [-0.2, 0) is 4.79 Å². The van der Waals surface area contributed by atoms with Crippen LogP contribution in [0.5, 0.6) is 0 Å². The highest BCUT2D eigenvalue weighted by molar-refractivity contribution is 6.32. The standard InChI is InChI=1S/C11H11ClN2O2/c1-11(2)9(14-16)7-5-6(12)3-4-8(7)13-10(11)15/h3-5,16H,1-2H3,(H,13,15)/b14-9+. The molecule has 0 spiro atoms. The maximum absolute atomic E-state index is 11.8. The van der Waals surface area contributed by atoms with Crippen LogP contribution in [0.4, 0.5) is 5.69 Å². The maximum Gasteiger partial charge on any atom is 0.236 e. The lowest BCUT2D eigenvalue weighted by Gasteiger charge is -2.31. The minimum Gasteiger partial charge on any atom is -0.411 e. The number of oxime groups is 1. The number of carbonyl (C=O) groups is 1. The van der Waals surface area contributed by atoms with Crippen molar-refractivity contribution in [2.24, 2.45) is 10.6 Å². The topological polar surface area (TPSA) is 61.7 Å². The van der Waals surface area contributed by atoms with Gasteiger partial charge in [0.25, 0.3) is 0 Å². The Labute approximate surface area is 97.9 Å². The first-order valence-corrected chi connectivity index (χ1v) is 5.18. The van der Waals surface area contributed by atoms with Gasteiger partial charge in [-0.05, 0) is 32.0 Å². The highest BCUT2D eigenvalue weighted by Crippen LogP contribution is 2.35. The average Bonchev–Trinajstić information content (AvgIpc) is 2.21. The van der Waals surface area contributed by atoms with Crippen LogP contribution in [0.1, 0.15) is 19.4 Å². The molecule has 0 saturated heterocycles. The molecule has 1 aliphatic rings. The van der Waals surface area contributed by atoms with E-state index in [1.165, 1.54) is 0 Å². The Morgan fingerprint density at radius 1 is 1.44 bits per heavy atom. The predicted octanol–water partition coefficient (Wildman–Crippen LogP) is 2.50. The number of anilines is 1. The van der Waals surface area contributed by atoms with E-state index in [2.05, 4.69) is 10.5 Å². The van der Waals surface area contributed by atoms with Gasteiger partial charge in [-0.2, -0.15) is 0 Å². The number of nitrogens with zero attached hydrogens (tertiary/aromatic N) is 1. The monoisotopic (exact) mass is 238 g/mol. The first-order valence-electron chi connectivity index (χ1n) is 4.80. The summed E-state index contributed by atoms with van der Waals surface area (Å²) in [7, 11) is 0. The summed E-state index contributed by atoms with van der Waals surface area (Å²) in [5.41, 5.74) is 0.724. The first kappa shape index (κ1) is 11.0. The first-order chi connectivity index (χ1) is 7.46. The van der Waals surface area contributed by atoms with E-state index in [-0.39, 0.29) is 5.91 Å². The molecule has 0 unspecified atom stereocenters. The molecule has 1 aromatic rings. The second-order valence-electron chi connectivity index (χ2n) is 4.22. The predicted molar refractivity (Wildman–Crippen MR) is 62.2 cm³/mol. The van der Waals surface area contributed by atoms with Crippen molar-refractivity contribution in [2.75, 3.05) is 5.32 Å². The molecule has 0 fully saturated rings. The summed E-state index contributed by atoms with van der Waals surface area (Å²) in [5.74, 6) is -0.199. The number of benzene rings is 1. The third kappa shape index (κ3) is 1.46. The van der Waals surface area contributed by atoms with Crippen LogP contribution in [0.25, 0.3) is 0 Å². The SMILES string of the molecule is CC1(C)C(=O)Nc2ccc(Cl)cc2/C1=N\O. The fourth-order valence-electron chi connectivity index (χ4n) is 1.72. The summed E-state index contributed by atoms with van der Waals surface area (Å²) in [5, 5.41) is 15.6. The van der Waals surface area contributed by atoms with Crippen LogP contribution >= 0.6 is 11.6 Å². The zero-order valence-corrected chi connectivity index (χ0v) is 9.67. The minimum atomic E-state index is -0.869. The number of nitrogens with one attached hydrogen (secondary N) is 1. The summed E-state index contributed by atoms with van der Waals surface area (Å²) < 4.78 is 0. The van der Waals surface area contributed by atoms with Crippen molar-refractivity contribution in [1.82, 2.24) is 0 Å². The molecular formula is C11H11ClN2O2. The normalized spacial score (nSPS) is 20.4. The van der Waals surface area contributed by atoms with E-state index in [9.17, 15) is 4.79 Å². The average molecular weight is 239 g/mol. The number of halogens is 1. The van der Waals surface area contributed by atoms with Gasteiger partial charge in [0, 0.05) is 10.6 Å². The Morgan fingerprint density at radius 2 is 2.12 bits per heavy atom. The Morgan fingerprint density at radius 3 is 2.75 bits per heavy atom. The Hall–Kier alpha value is -1.55. The Kier molecular flexibility index (Phi) is 2.39. The number of hydrogen-bond acceptors (Lipinski definition) is 3. The molecule has 2 N–H and O–H groups in total. The van der Waals surface area contributed by atoms with Gasteiger partial charge in [-0.25, -0.2) is 0 Å². The van der Waals surface area contributed by atoms with Gasteiger partial charge in [0.2, 0.25) is 5.91 Å². The smallest absolute Gasteiger partial charge is 0.236 e. The molecule has 0 saturated carbocycles. The Balaban J connectivity index is 2.68.